The molecule has 8 heteroatoms. The summed E-state index contributed by atoms with van der Waals surface area (Å²) in [7, 11) is -1.93. The topological polar surface area (TPSA) is 94.3 Å². The van der Waals surface area contributed by atoms with Crippen LogP contribution >= 0.6 is 0 Å². The predicted octanol–water partition coefficient (Wildman–Crippen LogP) is 2.36. The van der Waals surface area contributed by atoms with Crippen molar-refractivity contribution >= 4 is 10.0 Å². The van der Waals surface area contributed by atoms with Crippen molar-refractivity contribution in [2.24, 2.45) is 0 Å². The number of hydrogen-bond acceptors (Lipinski definition) is 6. The Bertz CT molecular complexity index is 939. The zero-order valence-electron chi connectivity index (χ0n) is 13.5. The Kier molecular flexibility index (Phi) is 5.11. The van der Waals surface area contributed by atoms with Crippen LogP contribution in [-0.4, -0.2) is 25.7 Å². The Hall–Kier alpha value is -2.71. The van der Waals surface area contributed by atoms with Crippen molar-refractivity contribution in [1.82, 2.24) is 14.9 Å². The molecule has 3 rings (SSSR count). The Morgan fingerprint density at radius 2 is 1.88 bits per heavy atom. The summed E-state index contributed by atoms with van der Waals surface area (Å²) in [6.07, 6.45) is 0. The van der Waals surface area contributed by atoms with Gasteiger partial charge in [-0.05, 0) is 23.8 Å². The van der Waals surface area contributed by atoms with E-state index in [-0.39, 0.29) is 18.2 Å². The molecule has 3 aromatic rings. The number of ether oxygens (including phenoxy) is 1. The van der Waals surface area contributed by atoms with Gasteiger partial charge in [0.2, 0.25) is 21.8 Å². The summed E-state index contributed by atoms with van der Waals surface area (Å²) >= 11 is 0. The van der Waals surface area contributed by atoms with Crippen molar-refractivity contribution in [1.29, 1.82) is 0 Å². The van der Waals surface area contributed by atoms with E-state index in [0.717, 1.165) is 0 Å². The second kappa shape index (κ2) is 7.45. The maximum absolute atomic E-state index is 12.1. The lowest BCUT2D eigenvalue weighted by molar-refractivity contribution is 0.414. The molecule has 0 unspecified atom stereocenters. The molecule has 25 heavy (non-hydrogen) atoms. The van der Waals surface area contributed by atoms with Crippen LogP contribution in [0.15, 0.2) is 59.0 Å². The van der Waals surface area contributed by atoms with Crippen LogP contribution in [0.25, 0.3) is 11.5 Å². The maximum Gasteiger partial charge on any atom is 0.247 e. The Labute approximate surface area is 145 Å². The zero-order valence-corrected chi connectivity index (χ0v) is 14.4. The maximum atomic E-state index is 12.1. The molecule has 0 fully saturated rings. The van der Waals surface area contributed by atoms with E-state index in [2.05, 4.69) is 14.9 Å². The molecule has 1 heterocycles. The molecule has 0 bridgehead atoms. The Morgan fingerprint density at radius 3 is 2.64 bits per heavy atom. The normalized spacial score (nSPS) is 11.4. The smallest absolute Gasteiger partial charge is 0.247 e. The van der Waals surface area contributed by atoms with E-state index in [1.54, 1.807) is 55.6 Å². The van der Waals surface area contributed by atoms with Gasteiger partial charge in [-0.3, -0.25) is 0 Å². The van der Waals surface area contributed by atoms with Crippen LogP contribution in [0, 0.1) is 0 Å². The summed E-state index contributed by atoms with van der Waals surface area (Å²) in [6.45, 7) is -0.0634. The second-order valence-corrected chi connectivity index (χ2v) is 7.11. The highest BCUT2D eigenvalue weighted by Gasteiger charge is 2.14. The van der Waals surface area contributed by atoms with Crippen LogP contribution in [0.2, 0.25) is 0 Å². The molecule has 1 N–H and O–H groups in total. The van der Waals surface area contributed by atoms with E-state index in [1.165, 1.54) is 0 Å². The average molecular weight is 359 g/mol. The summed E-state index contributed by atoms with van der Waals surface area (Å²) in [6, 6.07) is 16.1. The number of nitrogens with one attached hydrogen (secondary N) is 1. The number of aromatic nitrogens is 2. The minimum Gasteiger partial charge on any atom is -0.497 e. The first-order valence-corrected chi connectivity index (χ1v) is 9.19. The highest BCUT2D eigenvalue weighted by Crippen LogP contribution is 2.22. The highest BCUT2D eigenvalue weighted by molar-refractivity contribution is 7.88. The number of rotatable bonds is 7. The van der Waals surface area contributed by atoms with Gasteiger partial charge in [0.25, 0.3) is 0 Å². The van der Waals surface area contributed by atoms with Crippen LogP contribution in [0.1, 0.15) is 11.5 Å². The van der Waals surface area contributed by atoms with Crippen LogP contribution in [0.3, 0.4) is 0 Å². The van der Waals surface area contributed by atoms with Gasteiger partial charge in [-0.2, -0.15) is 0 Å². The van der Waals surface area contributed by atoms with Crippen molar-refractivity contribution in [2.45, 2.75) is 12.3 Å². The van der Waals surface area contributed by atoms with Gasteiger partial charge < -0.3 is 9.15 Å². The van der Waals surface area contributed by atoms with Gasteiger partial charge in [0, 0.05) is 5.56 Å². The predicted molar refractivity (Wildman–Crippen MR) is 92.2 cm³/mol. The molecular formula is C17H17N3O4S. The van der Waals surface area contributed by atoms with Gasteiger partial charge in [0.05, 0.1) is 19.4 Å². The first kappa shape index (κ1) is 17.1. The van der Waals surface area contributed by atoms with E-state index in [9.17, 15) is 8.42 Å². The van der Waals surface area contributed by atoms with Crippen LogP contribution < -0.4 is 9.46 Å². The lowest BCUT2D eigenvalue weighted by Gasteiger charge is -2.04. The number of methoxy groups -OCH3 is 1. The molecule has 130 valence electrons. The third-order valence-corrected chi connectivity index (χ3v) is 4.72. The van der Waals surface area contributed by atoms with E-state index >= 15 is 0 Å². The van der Waals surface area contributed by atoms with Crippen molar-refractivity contribution in [3.8, 4) is 17.2 Å². The van der Waals surface area contributed by atoms with Crippen LogP contribution in [-0.2, 0) is 22.3 Å². The summed E-state index contributed by atoms with van der Waals surface area (Å²) < 4.78 is 37.4. The molecule has 0 amide bonds. The fourth-order valence-electron chi connectivity index (χ4n) is 2.21. The summed E-state index contributed by atoms with van der Waals surface area (Å²) in [5.74, 6) is 1.05. The molecule has 2 aromatic carbocycles. The van der Waals surface area contributed by atoms with Gasteiger partial charge >= 0.3 is 0 Å². The molecular weight excluding hydrogens is 342 g/mol. The van der Waals surface area contributed by atoms with Crippen LogP contribution in [0.4, 0.5) is 0 Å². The third-order valence-electron chi connectivity index (χ3n) is 3.43. The largest absolute Gasteiger partial charge is 0.497 e. The molecule has 0 radical (unpaired) electrons. The van der Waals surface area contributed by atoms with E-state index < -0.39 is 10.0 Å². The second-order valence-electron chi connectivity index (χ2n) is 5.30. The van der Waals surface area contributed by atoms with Gasteiger partial charge in [-0.1, -0.05) is 36.4 Å². The third kappa shape index (κ3) is 4.65. The monoisotopic (exact) mass is 359 g/mol. The van der Waals surface area contributed by atoms with Crippen LogP contribution in [0.5, 0.6) is 5.75 Å². The van der Waals surface area contributed by atoms with E-state index in [1.807, 2.05) is 6.07 Å². The molecule has 0 saturated heterocycles. The fourth-order valence-corrected chi connectivity index (χ4v) is 3.29. The lowest BCUT2D eigenvalue weighted by Crippen LogP contribution is -2.24. The first-order valence-electron chi connectivity index (χ1n) is 7.54. The molecule has 0 spiro atoms. The molecule has 1 aromatic heterocycles. The van der Waals surface area contributed by atoms with Gasteiger partial charge in [0.15, 0.2) is 0 Å². The average Bonchev–Trinajstić information content (AvgIpc) is 3.10. The van der Waals surface area contributed by atoms with Gasteiger partial charge in [-0.15, -0.1) is 10.2 Å². The molecule has 0 saturated carbocycles. The number of hydrogen-bond donors (Lipinski definition) is 1. The van der Waals surface area contributed by atoms with Crippen molar-refractivity contribution in [3.63, 3.8) is 0 Å². The first-order chi connectivity index (χ1) is 12.1. The van der Waals surface area contributed by atoms with Gasteiger partial charge in [0.1, 0.15) is 5.75 Å². The SMILES string of the molecule is COc1cccc(-c2nnc(CNS(=O)(=O)Cc3ccccc3)o2)c1. The summed E-state index contributed by atoms with van der Waals surface area (Å²) in [4.78, 5) is 0. The summed E-state index contributed by atoms with van der Waals surface area (Å²) in [5.41, 5.74) is 1.41. The number of benzene rings is 2. The van der Waals surface area contributed by atoms with Crippen molar-refractivity contribution in [3.05, 3.63) is 66.1 Å². The Morgan fingerprint density at radius 1 is 1.08 bits per heavy atom. The molecule has 7 nitrogen and oxygen atoms in total. The zero-order chi connectivity index (χ0) is 17.7. The Balaban J connectivity index is 1.65. The lowest BCUT2D eigenvalue weighted by atomic mass is 10.2. The fraction of sp³-hybridized carbons (Fsp3) is 0.176. The molecule has 0 aliphatic heterocycles. The van der Waals surface area contributed by atoms with E-state index in [4.69, 9.17) is 9.15 Å². The minimum atomic E-state index is -3.50. The molecule has 0 aliphatic carbocycles. The summed E-state index contributed by atoms with van der Waals surface area (Å²) in [5, 5.41) is 7.81. The van der Waals surface area contributed by atoms with Crippen molar-refractivity contribution < 1.29 is 17.6 Å². The molecule has 0 aliphatic rings. The molecule has 0 atom stereocenters. The number of sulfonamides is 1. The minimum absolute atomic E-state index is 0.0634. The van der Waals surface area contributed by atoms with Crippen molar-refractivity contribution in [2.75, 3.05) is 7.11 Å². The number of nitrogens with zero attached hydrogens (tertiary/aromatic N) is 2. The highest BCUT2D eigenvalue weighted by atomic mass is 32.2. The standard InChI is InChI=1S/C17H17N3O4S/c1-23-15-9-5-8-14(10-15)17-20-19-16(24-17)11-18-25(21,22)12-13-6-3-2-4-7-13/h2-10,18H,11-12H2,1H3. The van der Waals surface area contributed by atoms with E-state index in [0.29, 0.717) is 22.8 Å². The van der Waals surface area contributed by atoms with Gasteiger partial charge in [-0.25, -0.2) is 13.1 Å². The quantitative estimate of drug-likeness (QED) is 0.696.